The molecule has 3 rings (SSSR count). The van der Waals surface area contributed by atoms with Crippen LogP contribution in [0.15, 0.2) is 41.7 Å². The SMILES string of the molecule is O=NN1c2cc([N+](=O)[O-])ccc2CCc2ccc([N+](=O)[O-])cc21. The number of nitrogens with zero attached hydrogens (tertiary/aromatic N) is 4. The number of aryl methyl sites for hydroxylation is 2. The molecule has 0 unspecified atom stereocenters. The van der Waals surface area contributed by atoms with Gasteiger partial charge in [0.1, 0.15) is 0 Å². The number of anilines is 2. The van der Waals surface area contributed by atoms with Gasteiger partial charge in [0, 0.05) is 24.3 Å². The van der Waals surface area contributed by atoms with Crippen molar-refractivity contribution in [2.45, 2.75) is 12.8 Å². The first-order valence-electron chi connectivity index (χ1n) is 6.69. The number of benzene rings is 2. The lowest BCUT2D eigenvalue weighted by Gasteiger charge is -2.17. The molecule has 0 atom stereocenters. The van der Waals surface area contributed by atoms with E-state index in [1.807, 2.05) is 0 Å². The Kier molecular flexibility index (Phi) is 3.45. The van der Waals surface area contributed by atoms with Gasteiger partial charge in [-0.1, -0.05) is 12.1 Å². The molecule has 0 N–H and O–H groups in total. The highest BCUT2D eigenvalue weighted by molar-refractivity contribution is 5.73. The maximum absolute atomic E-state index is 11.3. The molecule has 1 aliphatic rings. The summed E-state index contributed by atoms with van der Waals surface area (Å²) in [4.78, 5) is 32.1. The van der Waals surface area contributed by atoms with E-state index in [-0.39, 0.29) is 22.7 Å². The Labute approximate surface area is 129 Å². The van der Waals surface area contributed by atoms with Gasteiger partial charge in [-0.2, -0.15) is 5.01 Å². The van der Waals surface area contributed by atoms with Crippen molar-refractivity contribution < 1.29 is 9.85 Å². The molecule has 0 fully saturated rings. The Bertz CT molecular complexity index is 770. The lowest BCUT2D eigenvalue weighted by molar-refractivity contribution is -0.384. The van der Waals surface area contributed by atoms with E-state index in [1.165, 1.54) is 24.3 Å². The van der Waals surface area contributed by atoms with Crippen LogP contribution >= 0.6 is 0 Å². The van der Waals surface area contributed by atoms with Crippen LogP contribution in [0, 0.1) is 25.1 Å². The molecule has 0 aliphatic carbocycles. The second-order valence-electron chi connectivity index (χ2n) is 5.03. The summed E-state index contributed by atoms with van der Waals surface area (Å²) in [6.45, 7) is 0. The van der Waals surface area contributed by atoms with E-state index < -0.39 is 9.85 Å². The largest absolute Gasteiger partial charge is 0.271 e. The summed E-state index contributed by atoms with van der Waals surface area (Å²) in [5.74, 6) is 0. The molecule has 9 heteroatoms. The van der Waals surface area contributed by atoms with E-state index in [2.05, 4.69) is 5.29 Å². The average molecular weight is 314 g/mol. The fraction of sp³-hybridized carbons (Fsp3) is 0.143. The topological polar surface area (TPSA) is 119 Å². The number of fused-ring (bicyclic) bond motifs is 2. The Hall–Kier alpha value is -3.36. The summed E-state index contributed by atoms with van der Waals surface area (Å²) in [7, 11) is 0. The molecule has 0 bridgehead atoms. The lowest BCUT2D eigenvalue weighted by atomic mass is 10.0. The third-order valence-corrected chi connectivity index (χ3v) is 3.76. The first-order valence-corrected chi connectivity index (χ1v) is 6.69. The number of non-ortho nitro benzene ring substituents is 2. The second kappa shape index (κ2) is 5.44. The zero-order chi connectivity index (χ0) is 16.6. The van der Waals surface area contributed by atoms with Gasteiger partial charge in [0.05, 0.1) is 26.5 Å². The van der Waals surface area contributed by atoms with Crippen molar-refractivity contribution in [3.05, 3.63) is 72.7 Å². The van der Waals surface area contributed by atoms with E-state index in [4.69, 9.17) is 0 Å². The maximum atomic E-state index is 11.3. The molecule has 0 saturated heterocycles. The first kappa shape index (κ1) is 14.6. The van der Waals surface area contributed by atoms with Crippen molar-refractivity contribution in [2.75, 3.05) is 5.01 Å². The van der Waals surface area contributed by atoms with Crippen LogP contribution in [-0.2, 0) is 12.8 Å². The van der Waals surface area contributed by atoms with Crippen LogP contribution < -0.4 is 5.01 Å². The number of nitroso groups, excluding NO2 is 1. The van der Waals surface area contributed by atoms with Crippen molar-refractivity contribution in [2.24, 2.45) is 5.29 Å². The normalized spacial score (nSPS) is 12.8. The third-order valence-electron chi connectivity index (χ3n) is 3.76. The Morgan fingerprint density at radius 2 is 1.30 bits per heavy atom. The van der Waals surface area contributed by atoms with Gasteiger partial charge in [-0.15, -0.1) is 4.91 Å². The molecule has 116 valence electrons. The van der Waals surface area contributed by atoms with Crippen LogP contribution in [0.5, 0.6) is 0 Å². The fourth-order valence-electron chi connectivity index (χ4n) is 2.64. The van der Waals surface area contributed by atoms with E-state index in [9.17, 15) is 25.1 Å². The minimum Gasteiger partial charge on any atom is -0.258 e. The molecule has 1 heterocycles. The van der Waals surface area contributed by atoms with Crippen LogP contribution in [0.1, 0.15) is 11.1 Å². The van der Waals surface area contributed by atoms with Gasteiger partial charge in [-0.3, -0.25) is 20.2 Å². The minimum atomic E-state index is -0.567. The number of hydrogen-bond acceptors (Lipinski definition) is 6. The van der Waals surface area contributed by atoms with E-state index in [0.29, 0.717) is 24.0 Å². The predicted molar refractivity (Wildman–Crippen MR) is 81.5 cm³/mol. The van der Waals surface area contributed by atoms with Gasteiger partial charge < -0.3 is 0 Å². The highest BCUT2D eigenvalue weighted by atomic mass is 16.6. The number of nitro benzene ring substituents is 2. The Morgan fingerprint density at radius 3 is 1.65 bits per heavy atom. The highest BCUT2D eigenvalue weighted by Gasteiger charge is 2.25. The summed E-state index contributed by atoms with van der Waals surface area (Å²) < 4.78 is 0. The lowest BCUT2D eigenvalue weighted by Crippen LogP contribution is -2.10. The quantitative estimate of drug-likeness (QED) is 0.486. The zero-order valence-electron chi connectivity index (χ0n) is 11.7. The smallest absolute Gasteiger partial charge is 0.258 e. The van der Waals surface area contributed by atoms with E-state index in [1.54, 1.807) is 12.1 Å². The molecule has 0 saturated carbocycles. The highest BCUT2D eigenvalue weighted by Crippen LogP contribution is 2.39. The Balaban J connectivity index is 2.20. The van der Waals surface area contributed by atoms with Gasteiger partial charge in [-0.25, -0.2) is 0 Å². The van der Waals surface area contributed by atoms with Gasteiger partial charge in [0.25, 0.3) is 11.4 Å². The maximum Gasteiger partial charge on any atom is 0.271 e. The molecular formula is C14H10N4O5. The first-order chi connectivity index (χ1) is 11.0. The van der Waals surface area contributed by atoms with Crippen LogP contribution in [0.4, 0.5) is 22.7 Å². The summed E-state index contributed by atoms with van der Waals surface area (Å²) >= 11 is 0. The standard InChI is InChI=1S/C14H10N4O5/c19-15-16-13-7-11(17(20)21)5-3-9(13)1-2-10-4-6-12(18(22)23)8-14(10)16/h3-8H,1-2H2. The van der Waals surface area contributed by atoms with Crippen molar-refractivity contribution in [1.29, 1.82) is 0 Å². The summed E-state index contributed by atoms with van der Waals surface area (Å²) in [6.07, 6.45) is 1.09. The summed E-state index contributed by atoms with van der Waals surface area (Å²) in [5, 5.41) is 25.8. The Morgan fingerprint density at radius 1 is 0.870 bits per heavy atom. The molecule has 23 heavy (non-hydrogen) atoms. The van der Waals surface area contributed by atoms with E-state index in [0.717, 1.165) is 5.01 Å². The molecule has 1 aliphatic heterocycles. The molecule has 2 aromatic carbocycles. The van der Waals surface area contributed by atoms with Gasteiger partial charge in [0.15, 0.2) is 0 Å². The van der Waals surface area contributed by atoms with Crippen LogP contribution in [0.3, 0.4) is 0 Å². The van der Waals surface area contributed by atoms with Crippen molar-refractivity contribution in [1.82, 2.24) is 0 Å². The number of hydrogen-bond donors (Lipinski definition) is 0. The molecule has 2 aromatic rings. The zero-order valence-corrected chi connectivity index (χ0v) is 11.7. The number of nitro groups is 2. The van der Waals surface area contributed by atoms with Crippen LogP contribution in [0.25, 0.3) is 0 Å². The van der Waals surface area contributed by atoms with E-state index >= 15 is 0 Å². The summed E-state index contributed by atoms with van der Waals surface area (Å²) in [5.41, 5.74) is 1.63. The van der Waals surface area contributed by atoms with Crippen molar-refractivity contribution in [3.63, 3.8) is 0 Å². The molecule has 0 amide bonds. The van der Waals surface area contributed by atoms with Crippen molar-refractivity contribution >= 4 is 22.7 Å². The van der Waals surface area contributed by atoms with Gasteiger partial charge in [0.2, 0.25) is 0 Å². The molecule has 0 aromatic heterocycles. The van der Waals surface area contributed by atoms with Gasteiger partial charge in [-0.05, 0) is 24.0 Å². The monoisotopic (exact) mass is 314 g/mol. The fourth-order valence-corrected chi connectivity index (χ4v) is 2.64. The van der Waals surface area contributed by atoms with Crippen molar-refractivity contribution in [3.8, 4) is 0 Å². The molecule has 0 spiro atoms. The predicted octanol–water partition coefficient (Wildman–Crippen LogP) is 3.42. The molecular weight excluding hydrogens is 304 g/mol. The molecule has 0 radical (unpaired) electrons. The van der Waals surface area contributed by atoms with Crippen LogP contribution in [-0.4, -0.2) is 9.85 Å². The van der Waals surface area contributed by atoms with Crippen LogP contribution in [0.2, 0.25) is 0 Å². The second-order valence-corrected chi connectivity index (χ2v) is 5.03. The summed E-state index contributed by atoms with van der Waals surface area (Å²) in [6, 6.07) is 8.38. The average Bonchev–Trinajstić information content (AvgIpc) is 2.69. The third kappa shape index (κ3) is 2.48. The molecule has 9 nitrogen and oxygen atoms in total. The minimum absolute atomic E-state index is 0.175. The van der Waals surface area contributed by atoms with Gasteiger partial charge >= 0.3 is 0 Å². The number of rotatable bonds is 3.